The lowest BCUT2D eigenvalue weighted by Gasteiger charge is -2.12. The molecular formula is C24H25N5O3S. The molecule has 2 heterocycles. The number of hydrogen-bond donors (Lipinski definition) is 2. The van der Waals surface area contributed by atoms with Gasteiger partial charge in [0.2, 0.25) is 5.91 Å². The zero-order valence-electron chi connectivity index (χ0n) is 18.3. The standard InChI is InChI=1S/C24H25N5O3S/c1-32-13-22(30)28-19-11-20(24(31)25-9-7-18-14-33-16-27-18)23-21(12-19)26-15-29(23)10-8-17-5-3-2-4-6-17/h2-6,11-12,14-16H,7-10,13H2,1H3,(H,25,31)(H,28,30). The summed E-state index contributed by atoms with van der Waals surface area (Å²) < 4.78 is 6.88. The number of nitrogens with one attached hydrogen (secondary N) is 2. The Balaban J connectivity index is 1.59. The smallest absolute Gasteiger partial charge is 0.253 e. The second-order valence-electron chi connectivity index (χ2n) is 7.53. The lowest BCUT2D eigenvalue weighted by atomic mass is 10.1. The molecule has 0 atom stereocenters. The van der Waals surface area contributed by atoms with Crippen molar-refractivity contribution in [3.63, 3.8) is 0 Å². The summed E-state index contributed by atoms with van der Waals surface area (Å²) in [6, 6.07) is 13.6. The Kier molecular flexibility index (Phi) is 7.43. The molecule has 0 aliphatic rings. The van der Waals surface area contributed by atoms with Crippen molar-refractivity contribution in [3.8, 4) is 0 Å². The molecule has 0 spiro atoms. The van der Waals surface area contributed by atoms with Gasteiger partial charge in [-0.25, -0.2) is 9.97 Å². The quantitative estimate of drug-likeness (QED) is 0.376. The van der Waals surface area contributed by atoms with Gasteiger partial charge in [-0.1, -0.05) is 30.3 Å². The van der Waals surface area contributed by atoms with Crippen LogP contribution in [0.1, 0.15) is 21.6 Å². The number of thiazole rings is 1. The molecule has 0 radical (unpaired) electrons. The SMILES string of the molecule is COCC(=O)Nc1cc(C(=O)NCCc2cscn2)c2c(c1)ncn2CCc1ccccc1. The van der Waals surface area contributed by atoms with E-state index < -0.39 is 0 Å². The molecule has 2 amide bonds. The van der Waals surface area contributed by atoms with E-state index in [0.29, 0.717) is 36.3 Å². The van der Waals surface area contributed by atoms with Gasteiger partial charge in [-0.05, 0) is 24.1 Å². The molecule has 2 aromatic heterocycles. The number of imidazole rings is 1. The van der Waals surface area contributed by atoms with Crippen molar-refractivity contribution in [2.45, 2.75) is 19.4 Å². The van der Waals surface area contributed by atoms with Crippen molar-refractivity contribution in [3.05, 3.63) is 76.5 Å². The van der Waals surface area contributed by atoms with Crippen LogP contribution >= 0.6 is 11.3 Å². The van der Waals surface area contributed by atoms with E-state index in [4.69, 9.17) is 4.74 Å². The molecular weight excluding hydrogens is 438 g/mol. The number of hydrogen-bond acceptors (Lipinski definition) is 6. The van der Waals surface area contributed by atoms with Crippen molar-refractivity contribution in [1.82, 2.24) is 19.9 Å². The highest BCUT2D eigenvalue weighted by atomic mass is 32.1. The molecule has 4 aromatic rings. The number of amides is 2. The van der Waals surface area contributed by atoms with Crippen LogP contribution in [0.2, 0.25) is 0 Å². The highest BCUT2D eigenvalue weighted by Crippen LogP contribution is 2.24. The molecule has 0 fully saturated rings. The van der Waals surface area contributed by atoms with E-state index >= 15 is 0 Å². The number of benzene rings is 2. The number of aryl methyl sites for hydroxylation is 2. The maximum Gasteiger partial charge on any atom is 0.253 e. The van der Waals surface area contributed by atoms with E-state index in [2.05, 4.69) is 32.7 Å². The van der Waals surface area contributed by atoms with Gasteiger partial charge >= 0.3 is 0 Å². The largest absolute Gasteiger partial charge is 0.375 e. The first-order chi connectivity index (χ1) is 16.1. The molecule has 170 valence electrons. The third-order valence-corrected chi connectivity index (χ3v) is 5.79. The second kappa shape index (κ2) is 10.8. The molecule has 33 heavy (non-hydrogen) atoms. The third kappa shape index (κ3) is 5.82. The summed E-state index contributed by atoms with van der Waals surface area (Å²) in [7, 11) is 1.46. The minimum atomic E-state index is -0.296. The van der Waals surface area contributed by atoms with Gasteiger partial charge in [0.05, 0.1) is 34.1 Å². The molecule has 0 saturated carbocycles. The number of carbonyl (C=O) groups excluding carboxylic acids is 2. The molecule has 4 rings (SSSR count). The number of fused-ring (bicyclic) bond motifs is 1. The number of rotatable bonds is 10. The lowest BCUT2D eigenvalue weighted by molar-refractivity contribution is -0.119. The Morgan fingerprint density at radius 1 is 1.12 bits per heavy atom. The van der Waals surface area contributed by atoms with Crippen LogP contribution in [0, 0.1) is 0 Å². The van der Waals surface area contributed by atoms with Gasteiger partial charge in [0.25, 0.3) is 5.91 Å². The van der Waals surface area contributed by atoms with Gasteiger partial charge in [-0.3, -0.25) is 9.59 Å². The first kappa shape index (κ1) is 22.6. The Hall–Kier alpha value is -3.56. The molecule has 0 unspecified atom stereocenters. The van der Waals surface area contributed by atoms with E-state index in [-0.39, 0.29) is 18.4 Å². The molecule has 0 saturated heterocycles. The lowest BCUT2D eigenvalue weighted by Crippen LogP contribution is -2.27. The molecule has 0 bridgehead atoms. The number of anilines is 1. The molecule has 9 heteroatoms. The van der Waals surface area contributed by atoms with Crippen LogP contribution in [-0.4, -0.2) is 46.6 Å². The topological polar surface area (TPSA) is 98.1 Å². The Morgan fingerprint density at radius 2 is 1.97 bits per heavy atom. The summed E-state index contributed by atoms with van der Waals surface area (Å²) in [5.41, 5.74) is 6.27. The van der Waals surface area contributed by atoms with Crippen molar-refractivity contribution < 1.29 is 14.3 Å². The summed E-state index contributed by atoms with van der Waals surface area (Å²) >= 11 is 1.53. The number of ether oxygens (including phenoxy) is 1. The van der Waals surface area contributed by atoms with E-state index in [1.807, 2.05) is 28.1 Å². The van der Waals surface area contributed by atoms with E-state index in [1.54, 1.807) is 24.0 Å². The van der Waals surface area contributed by atoms with Gasteiger partial charge in [0.1, 0.15) is 6.61 Å². The van der Waals surface area contributed by atoms with Gasteiger partial charge in [-0.2, -0.15) is 0 Å². The number of carbonyl (C=O) groups is 2. The minimum Gasteiger partial charge on any atom is -0.375 e. The first-order valence-corrected chi connectivity index (χ1v) is 11.5. The average Bonchev–Trinajstić information content (AvgIpc) is 3.48. The zero-order valence-corrected chi connectivity index (χ0v) is 19.1. The molecule has 0 aliphatic heterocycles. The summed E-state index contributed by atoms with van der Waals surface area (Å²) in [5, 5.41) is 7.71. The fraction of sp³-hybridized carbons (Fsp3) is 0.250. The summed E-state index contributed by atoms with van der Waals surface area (Å²) in [6.07, 6.45) is 3.19. The van der Waals surface area contributed by atoms with Gasteiger partial charge in [-0.15, -0.1) is 11.3 Å². The number of methoxy groups -OCH3 is 1. The van der Waals surface area contributed by atoms with Crippen LogP contribution in [0.5, 0.6) is 0 Å². The van der Waals surface area contributed by atoms with Crippen LogP contribution in [0.15, 0.2) is 59.7 Å². The van der Waals surface area contributed by atoms with Crippen LogP contribution in [0.25, 0.3) is 11.0 Å². The van der Waals surface area contributed by atoms with E-state index in [9.17, 15) is 9.59 Å². The maximum atomic E-state index is 13.2. The van der Waals surface area contributed by atoms with Crippen LogP contribution < -0.4 is 10.6 Å². The third-order valence-electron chi connectivity index (χ3n) is 5.15. The van der Waals surface area contributed by atoms with Crippen molar-refractivity contribution in [1.29, 1.82) is 0 Å². The van der Waals surface area contributed by atoms with Crippen LogP contribution in [0.4, 0.5) is 5.69 Å². The van der Waals surface area contributed by atoms with Gasteiger partial charge in [0.15, 0.2) is 0 Å². The fourth-order valence-electron chi connectivity index (χ4n) is 3.61. The van der Waals surface area contributed by atoms with Gasteiger partial charge < -0.3 is 19.9 Å². The second-order valence-corrected chi connectivity index (χ2v) is 8.25. The monoisotopic (exact) mass is 463 g/mol. The zero-order chi connectivity index (χ0) is 23.0. The van der Waals surface area contributed by atoms with Gasteiger partial charge in [0, 0.05) is 37.7 Å². The van der Waals surface area contributed by atoms with E-state index in [0.717, 1.165) is 17.6 Å². The maximum absolute atomic E-state index is 13.2. The van der Waals surface area contributed by atoms with Crippen LogP contribution in [-0.2, 0) is 28.9 Å². The average molecular weight is 464 g/mol. The number of nitrogens with zero attached hydrogens (tertiary/aromatic N) is 3. The normalized spacial score (nSPS) is 10.9. The molecule has 0 aliphatic carbocycles. The predicted octanol–water partition coefficient (Wildman–Crippen LogP) is 3.29. The van der Waals surface area contributed by atoms with Crippen molar-refractivity contribution >= 4 is 39.9 Å². The van der Waals surface area contributed by atoms with Crippen molar-refractivity contribution in [2.24, 2.45) is 0 Å². The highest BCUT2D eigenvalue weighted by Gasteiger charge is 2.17. The predicted molar refractivity (Wildman–Crippen MR) is 129 cm³/mol. The summed E-state index contributed by atoms with van der Waals surface area (Å²) in [4.78, 5) is 34.0. The molecule has 2 aromatic carbocycles. The highest BCUT2D eigenvalue weighted by molar-refractivity contribution is 7.07. The fourth-order valence-corrected chi connectivity index (χ4v) is 4.20. The first-order valence-electron chi connectivity index (χ1n) is 10.6. The van der Waals surface area contributed by atoms with Crippen LogP contribution in [0.3, 0.4) is 0 Å². The van der Waals surface area contributed by atoms with E-state index in [1.165, 1.54) is 24.0 Å². The summed E-state index contributed by atoms with van der Waals surface area (Å²) in [5.74, 6) is -0.519. The summed E-state index contributed by atoms with van der Waals surface area (Å²) in [6.45, 7) is 1.07. The molecule has 8 nitrogen and oxygen atoms in total. The minimum absolute atomic E-state index is 0.0707. The number of aromatic nitrogens is 3. The molecule has 2 N–H and O–H groups in total. The van der Waals surface area contributed by atoms with Crippen molar-refractivity contribution in [2.75, 3.05) is 25.6 Å². The Morgan fingerprint density at radius 3 is 2.73 bits per heavy atom. The Bertz CT molecular complexity index is 1220. The Labute approximate surface area is 195 Å².